The van der Waals surface area contributed by atoms with Crippen LogP contribution in [0.1, 0.15) is 23.4 Å². The van der Waals surface area contributed by atoms with Gasteiger partial charge in [0.2, 0.25) is 0 Å². The number of aliphatic hydroxyl groups is 1. The lowest BCUT2D eigenvalue weighted by Crippen LogP contribution is -2.43. The number of halogens is 1. The number of hydrogen-bond donors (Lipinski definition) is 2. The fourth-order valence-electron chi connectivity index (χ4n) is 3.52. The van der Waals surface area contributed by atoms with E-state index in [1.807, 2.05) is 4.90 Å². The maximum absolute atomic E-state index is 12.5. The minimum atomic E-state index is -0.0791. The highest BCUT2D eigenvalue weighted by Crippen LogP contribution is 2.43. The standard InChI is InChI=1S/C14H19BrN2O3/c15-12-2-1-11(20-12)13(19)17-7-10(8-18)14(9-17)3-5-16-6-4-14/h1-2,10,16,18H,3-9H2. The van der Waals surface area contributed by atoms with Gasteiger partial charge in [0.15, 0.2) is 10.4 Å². The first-order valence-corrected chi connectivity index (χ1v) is 7.80. The van der Waals surface area contributed by atoms with Gasteiger partial charge < -0.3 is 19.7 Å². The molecule has 0 aromatic carbocycles. The summed E-state index contributed by atoms with van der Waals surface area (Å²) in [4.78, 5) is 14.3. The third kappa shape index (κ3) is 2.40. The van der Waals surface area contributed by atoms with Crippen molar-refractivity contribution < 1.29 is 14.3 Å². The van der Waals surface area contributed by atoms with Crippen LogP contribution in [0, 0.1) is 11.3 Å². The Bertz CT molecular complexity index is 496. The lowest BCUT2D eigenvalue weighted by molar-refractivity contribution is 0.0724. The molecule has 2 aliphatic rings. The van der Waals surface area contributed by atoms with Crippen molar-refractivity contribution >= 4 is 21.8 Å². The highest BCUT2D eigenvalue weighted by Gasteiger charge is 2.48. The van der Waals surface area contributed by atoms with Crippen molar-refractivity contribution in [1.29, 1.82) is 0 Å². The normalized spacial score (nSPS) is 25.3. The minimum Gasteiger partial charge on any atom is -0.444 e. The molecule has 1 aromatic rings. The van der Waals surface area contributed by atoms with Gasteiger partial charge >= 0.3 is 0 Å². The first-order chi connectivity index (χ1) is 9.64. The summed E-state index contributed by atoms with van der Waals surface area (Å²) in [5, 5.41) is 13.0. The average Bonchev–Trinajstić information content (AvgIpc) is 3.03. The maximum Gasteiger partial charge on any atom is 0.289 e. The van der Waals surface area contributed by atoms with Gasteiger partial charge in [0, 0.05) is 25.6 Å². The Balaban J connectivity index is 1.77. The van der Waals surface area contributed by atoms with Crippen molar-refractivity contribution in [3.8, 4) is 0 Å². The van der Waals surface area contributed by atoms with Crippen molar-refractivity contribution in [2.45, 2.75) is 12.8 Å². The van der Waals surface area contributed by atoms with Crippen LogP contribution in [-0.2, 0) is 0 Å². The Kier molecular flexibility index (Phi) is 3.88. The fourth-order valence-corrected chi connectivity index (χ4v) is 3.82. The second-order valence-corrected chi connectivity index (χ2v) is 6.56. The summed E-state index contributed by atoms with van der Waals surface area (Å²) >= 11 is 3.22. The molecular weight excluding hydrogens is 324 g/mol. The van der Waals surface area contributed by atoms with Crippen LogP contribution in [0.4, 0.5) is 0 Å². The van der Waals surface area contributed by atoms with Crippen molar-refractivity contribution in [3.05, 3.63) is 22.6 Å². The van der Waals surface area contributed by atoms with Crippen molar-refractivity contribution in [2.75, 3.05) is 32.8 Å². The van der Waals surface area contributed by atoms with Gasteiger partial charge in [0.25, 0.3) is 5.91 Å². The van der Waals surface area contributed by atoms with Crippen LogP contribution in [0.2, 0.25) is 0 Å². The van der Waals surface area contributed by atoms with Crippen LogP contribution < -0.4 is 5.32 Å². The number of furan rings is 1. The van der Waals surface area contributed by atoms with Crippen LogP contribution in [0.5, 0.6) is 0 Å². The zero-order valence-electron chi connectivity index (χ0n) is 11.3. The van der Waals surface area contributed by atoms with E-state index in [0.29, 0.717) is 17.0 Å². The topological polar surface area (TPSA) is 65.7 Å². The molecule has 1 atom stereocenters. The van der Waals surface area contributed by atoms with Gasteiger partial charge in [-0.3, -0.25) is 4.79 Å². The van der Waals surface area contributed by atoms with E-state index in [1.54, 1.807) is 12.1 Å². The second-order valence-electron chi connectivity index (χ2n) is 5.78. The molecule has 6 heteroatoms. The van der Waals surface area contributed by atoms with Crippen LogP contribution >= 0.6 is 15.9 Å². The number of aliphatic hydroxyl groups excluding tert-OH is 1. The van der Waals surface area contributed by atoms with Crippen molar-refractivity contribution in [1.82, 2.24) is 10.2 Å². The summed E-state index contributed by atoms with van der Waals surface area (Å²) in [7, 11) is 0. The summed E-state index contributed by atoms with van der Waals surface area (Å²) < 4.78 is 5.92. The highest BCUT2D eigenvalue weighted by molar-refractivity contribution is 9.10. The molecule has 3 rings (SSSR count). The first-order valence-electron chi connectivity index (χ1n) is 7.01. The Morgan fingerprint density at radius 3 is 2.85 bits per heavy atom. The number of nitrogens with zero attached hydrogens (tertiary/aromatic N) is 1. The monoisotopic (exact) mass is 342 g/mol. The predicted octanol–water partition coefficient (Wildman–Crippen LogP) is 1.48. The Morgan fingerprint density at radius 1 is 1.50 bits per heavy atom. The van der Waals surface area contributed by atoms with Gasteiger partial charge in [-0.05, 0) is 59.4 Å². The predicted molar refractivity (Wildman–Crippen MR) is 77.4 cm³/mol. The largest absolute Gasteiger partial charge is 0.444 e. The zero-order valence-corrected chi connectivity index (χ0v) is 12.9. The number of carbonyl (C=O) groups is 1. The average molecular weight is 343 g/mol. The smallest absolute Gasteiger partial charge is 0.289 e. The molecule has 5 nitrogen and oxygen atoms in total. The molecule has 1 spiro atoms. The molecule has 0 bridgehead atoms. The van der Waals surface area contributed by atoms with E-state index in [4.69, 9.17) is 4.42 Å². The van der Waals surface area contributed by atoms with Crippen molar-refractivity contribution in [2.24, 2.45) is 11.3 Å². The molecule has 110 valence electrons. The Hall–Kier alpha value is -0.850. The lowest BCUT2D eigenvalue weighted by atomic mass is 9.71. The second kappa shape index (κ2) is 5.50. The lowest BCUT2D eigenvalue weighted by Gasteiger charge is -2.37. The van der Waals surface area contributed by atoms with Gasteiger partial charge in [-0.25, -0.2) is 0 Å². The van der Waals surface area contributed by atoms with E-state index in [1.165, 1.54) is 0 Å². The van der Waals surface area contributed by atoms with E-state index >= 15 is 0 Å². The number of nitrogens with one attached hydrogen (secondary N) is 1. The third-order valence-electron chi connectivity index (χ3n) is 4.70. The van der Waals surface area contributed by atoms with E-state index in [9.17, 15) is 9.90 Å². The number of carbonyl (C=O) groups excluding carboxylic acids is 1. The van der Waals surface area contributed by atoms with E-state index < -0.39 is 0 Å². The van der Waals surface area contributed by atoms with Crippen LogP contribution in [-0.4, -0.2) is 48.7 Å². The molecule has 0 saturated carbocycles. The molecule has 2 saturated heterocycles. The number of piperidine rings is 1. The van der Waals surface area contributed by atoms with Crippen molar-refractivity contribution in [3.63, 3.8) is 0 Å². The molecule has 0 aliphatic carbocycles. The number of hydrogen-bond acceptors (Lipinski definition) is 4. The number of rotatable bonds is 2. The molecule has 20 heavy (non-hydrogen) atoms. The van der Waals surface area contributed by atoms with Gasteiger partial charge in [-0.15, -0.1) is 0 Å². The molecule has 0 radical (unpaired) electrons. The summed E-state index contributed by atoms with van der Waals surface area (Å²) in [5.41, 5.74) is 0.0689. The molecule has 1 amide bonds. The van der Waals surface area contributed by atoms with Gasteiger partial charge in [0.05, 0.1) is 0 Å². The zero-order chi connectivity index (χ0) is 14.2. The Labute approximate surface area is 126 Å². The summed E-state index contributed by atoms with van der Waals surface area (Å²) in [6.45, 7) is 3.41. The van der Waals surface area contributed by atoms with E-state index in [0.717, 1.165) is 32.5 Å². The SMILES string of the molecule is O=C(c1ccc(Br)o1)N1CC(CO)C2(CCNCC2)C1. The van der Waals surface area contributed by atoms with Crippen LogP contribution in [0.25, 0.3) is 0 Å². The number of likely N-dealkylation sites (tertiary alicyclic amines) is 1. The van der Waals surface area contributed by atoms with Crippen LogP contribution in [0.15, 0.2) is 21.2 Å². The van der Waals surface area contributed by atoms with Crippen LogP contribution in [0.3, 0.4) is 0 Å². The summed E-state index contributed by atoms with van der Waals surface area (Å²) in [6, 6.07) is 3.42. The summed E-state index contributed by atoms with van der Waals surface area (Å²) in [5.74, 6) is 0.455. The van der Waals surface area contributed by atoms with E-state index in [-0.39, 0.29) is 23.8 Å². The molecule has 2 aliphatic heterocycles. The summed E-state index contributed by atoms with van der Waals surface area (Å²) in [6.07, 6.45) is 2.04. The molecule has 3 heterocycles. The highest BCUT2D eigenvalue weighted by atomic mass is 79.9. The fraction of sp³-hybridized carbons (Fsp3) is 0.643. The van der Waals surface area contributed by atoms with Gasteiger partial charge in [-0.1, -0.05) is 0 Å². The quantitative estimate of drug-likeness (QED) is 0.854. The molecule has 2 N–H and O–H groups in total. The van der Waals surface area contributed by atoms with Gasteiger partial charge in [0.1, 0.15) is 0 Å². The maximum atomic E-state index is 12.5. The minimum absolute atomic E-state index is 0.0689. The molecular formula is C14H19BrN2O3. The third-order valence-corrected chi connectivity index (χ3v) is 5.13. The molecule has 1 aromatic heterocycles. The molecule has 2 fully saturated rings. The number of amides is 1. The van der Waals surface area contributed by atoms with Gasteiger partial charge in [-0.2, -0.15) is 0 Å². The van der Waals surface area contributed by atoms with E-state index in [2.05, 4.69) is 21.2 Å². The molecule has 1 unspecified atom stereocenters. The Morgan fingerprint density at radius 2 is 2.25 bits per heavy atom. The first kappa shape index (κ1) is 14.1.